The molecule has 2 aromatic rings. The first-order valence-corrected chi connectivity index (χ1v) is 9.48. The Bertz CT molecular complexity index is 865. The second-order valence-corrected chi connectivity index (χ2v) is 7.83. The number of anilines is 2. The van der Waals surface area contributed by atoms with Crippen molar-refractivity contribution < 1.29 is 19.1 Å². The van der Waals surface area contributed by atoms with E-state index in [2.05, 4.69) is 20.9 Å². The Hall–Kier alpha value is -3.29. The van der Waals surface area contributed by atoms with Crippen LogP contribution in [0.5, 0.6) is 0 Å². The Kier molecular flexibility index (Phi) is 6.21. The van der Waals surface area contributed by atoms with Gasteiger partial charge in [-0.25, -0.2) is 9.59 Å². The molecule has 0 spiro atoms. The molecular weight excluding hydrogens is 372 g/mol. The fourth-order valence-electron chi connectivity index (χ4n) is 2.87. The summed E-state index contributed by atoms with van der Waals surface area (Å²) in [6.45, 7) is 6.20. The van der Waals surface area contributed by atoms with Crippen molar-refractivity contribution in [2.75, 3.05) is 17.2 Å². The fraction of sp³-hybridized carbons (Fsp3) is 0.381. The van der Waals surface area contributed by atoms with Gasteiger partial charge >= 0.3 is 12.2 Å². The normalized spacial score (nSPS) is 15.5. The van der Waals surface area contributed by atoms with Crippen molar-refractivity contribution in [1.82, 2.24) is 10.3 Å². The highest BCUT2D eigenvalue weighted by Gasteiger charge is 2.24. The standard InChI is InChI=1S/C21H26N4O4/c1-21(2,3)29-20(27)25-16-10-18-17(23-12-16)9-15(11-22-18)24-19(26)28-13-14-7-5-4-6-8-14/h4-9,11,16,23H,10,12-13H2,1-3H3,(H,24,26)(H,25,27). The summed E-state index contributed by atoms with van der Waals surface area (Å²) in [6.07, 6.45) is 1.14. The average Bonchev–Trinajstić information content (AvgIpc) is 2.66. The number of alkyl carbamates (subject to hydrolysis) is 1. The number of hydrogen-bond donors (Lipinski definition) is 3. The molecule has 8 nitrogen and oxygen atoms in total. The molecule has 2 heterocycles. The van der Waals surface area contributed by atoms with Gasteiger partial charge in [-0.1, -0.05) is 30.3 Å². The first-order chi connectivity index (χ1) is 13.8. The summed E-state index contributed by atoms with van der Waals surface area (Å²) in [5.74, 6) is 0. The molecule has 1 aliphatic rings. The Morgan fingerprint density at radius 3 is 2.69 bits per heavy atom. The molecule has 1 aromatic carbocycles. The Morgan fingerprint density at radius 1 is 1.21 bits per heavy atom. The lowest BCUT2D eigenvalue weighted by Crippen LogP contribution is -2.45. The number of aromatic nitrogens is 1. The third-order valence-electron chi connectivity index (χ3n) is 4.13. The van der Waals surface area contributed by atoms with Crippen LogP contribution in [0.25, 0.3) is 0 Å². The molecule has 1 aromatic heterocycles. The molecule has 0 saturated heterocycles. The molecule has 0 bridgehead atoms. The van der Waals surface area contributed by atoms with E-state index in [-0.39, 0.29) is 12.6 Å². The fourth-order valence-corrected chi connectivity index (χ4v) is 2.87. The van der Waals surface area contributed by atoms with E-state index in [0.29, 0.717) is 18.7 Å². The van der Waals surface area contributed by atoms with Crippen LogP contribution in [0.15, 0.2) is 42.6 Å². The molecule has 8 heteroatoms. The van der Waals surface area contributed by atoms with Crippen molar-refractivity contribution in [3.05, 3.63) is 53.9 Å². The van der Waals surface area contributed by atoms with E-state index in [9.17, 15) is 9.59 Å². The molecule has 3 rings (SSSR count). The highest BCUT2D eigenvalue weighted by Crippen LogP contribution is 2.23. The molecule has 0 aliphatic carbocycles. The van der Waals surface area contributed by atoms with Gasteiger partial charge < -0.3 is 20.1 Å². The van der Waals surface area contributed by atoms with Crippen molar-refractivity contribution in [2.45, 2.75) is 45.4 Å². The molecular formula is C21H26N4O4. The number of ether oxygens (including phenoxy) is 2. The van der Waals surface area contributed by atoms with Gasteiger partial charge in [-0.3, -0.25) is 10.3 Å². The smallest absolute Gasteiger partial charge is 0.412 e. The summed E-state index contributed by atoms with van der Waals surface area (Å²) in [6, 6.07) is 11.1. The molecule has 154 valence electrons. The molecule has 0 fully saturated rings. The molecule has 1 atom stereocenters. The number of pyridine rings is 1. The van der Waals surface area contributed by atoms with E-state index in [1.54, 1.807) is 12.3 Å². The van der Waals surface area contributed by atoms with Crippen LogP contribution in [0.1, 0.15) is 32.0 Å². The molecule has 3 N–H and O–H groups in total. The zero-order valence-electron chi connectivity index (χ0n) is 16.8. The summed E-state index contributed by atoms with van der Waals surface area (Å²) in [4.78, 5) is 28.3. The molecule has 1 unspecified atom stereocenters. The van der Waals surface area contributed by atoms with E-state index in [1.807, 2.05) is 51.1 Å². The highest BCUT2D eigenvalue weighted by atomic mass is 16.6. The van der Waals surface area contributed by atoms with Crippen molar-refractivity contribution in [2.24, 2.45) is 0 Å². The summed E-state index contributed by atoms with van der Waals surface area (Å²) in [5, 5.41) is 8.75. The van der Waals surface area contributed by atoms with Crippen LogP contribution in [-0.2, 0) is 22.5 Å². The van der Waals surface area contributed by atoms with E-state index in [1.165, 1.54) is 0 Å². The molecule has 1 aliphatic heterocycles. The third kappa shape index (κ3) is 6.38. The van der Waals surface area contributed by atoms with E-state index < -0.39 is 17.8 Å². The minimum Gasteiger partial charge on any atom is -0.444 e. The molecule has 29 heavy (non-hydrogen) atoms. The van der Waals surface area contributed by atoms with Crippen LogP contribution < -0.4 is 16.0 Å². The van der Waals surface area contributed by atoms with Gasteiger partial charge in [0.2, 0.25) is 0 Å². The number of nitrogens with zero attached hydrogens (tertiary/aromatic N) is 1. The van der Waals surface area contributed by atoms with Gasteiger partial charge in [0.15, 0.2) is 0 Å². The average molecular weight is 398 g/mol. The van der Waals surface area contributed by atoms with Gasteiger partial charge in [-0.15, -0.1) is 0 Å². The maximum atomic E-state index is 12.0. The minimum atomic E-state index is -0.545. The Labute approximate surface area is 170 Å². The first kappa shape index (κ1) is 20.4. The van der Waals surface area contributed by atoms with Gasteiger partial charge in [0.05, 0.1) is 29.3 Å². The monoisotopic (exact) mass is 398 g/mol. The maximum absolute atomic E-state index is 12.0. The lowest BCUT2D eigenvalue weighted by molar-refractivity contribution is 0.0506. The van der Waals surface area contributed by atoms with Gasteiger partial charge in [0.25, 0.3) is 0 Å². The zero-order valence-corrected chi connectivity index (χ0v) is 16.8. The summed E-state index contributed by atoms with van der Waals surface area (Å²) < 4.78 is 10.5. The second kappa shape index (κ2) is 8.81. The van der Waals surface area contributed by atoms with E-state index in [4.69, 9.17) is 9.47 Å². The number of carbonyl (C=O) groups excluding carboxylic acids is 2. The number of fused-ring (bicyclic) bond motifs is 1. The number of hydrogen-bond acceptors (Lipinski definition) is 6. The predicted octanol–water partition coefficient (Wildman–Crippen LogP) is 3.69. The first-order valence-electron chi connectivity index (χ1n) is 9.48. The molecule has 0 saturated carbocycles. The lowest BCUT2D eigenvalue weighted by Gasteiger charge is -2.28. The summed E-state index contributed by atoms with van der Waals surface area (Å²) in [5.41, 5.74) is 2.52. The van der Waals surface area contributed by atoms with Crippen LogP contribution in [0.4, 0.5) is 21.0 Å². The highest BCUT2D eigenvalue weighted by molar-refractivity contribution is 5.85. The van der Waals surface area contributed by atoms with Crippen LogP contribution in [-0.4, -0.2) is 35.4 Å². The Morgan fingerprint density at radius 2 is 1.97 bits per heavy atom. The molecule has 2 amide bonds. The summed E-state index contributed by atoms with van der Waals surface area (Å²) >= 11 is 0. The number of nitrogens with one attached hydrogen (secondary N) is 3. The van der Waals surface area contributed by atoms with Gasteiger partial charge in [-0.2, -0.15) is 0 Å². The van der Waals surface area contributed by atoms with Gasteiger partial charge in [0, 0.05) is 13.0 Å². The van der Waals surface area contributed by atoms with Crippen LogP contribution in [0.2, 0.25) is 0 Å². The van der Waals surface area contributed by atoms with Crippen LogP contribution >= 0.6 is 0 Å². The molecule has 0 radical (unpaired) electrons. The number of amides is 2. The second-order valence-electron chi connectivity index (χ2n) is 7.83. The number of carbonyl (C=O) groups is 2. The number of rotatable bonds is 4. The SMILES string of the molecule is CC(C)(C)OC(=O)NC1CNc2cc(NC(=O)OCc3ccccc3)cnc2C1. The Balaban J connectivity index is 1.51. The minimum absolute atomic E-state index is 0.125. The van der Waals surface area contributed by atoms with Crippen LogP contribution in [0, 0.1) is 0 Å². The van der Waals surface area contributed by atoms with Crippen molar-refractivity contribution in [1.29, 1.82) is 0 Å². The van der Waals surface area contributed by atoms with E-state index >= 15 is 0 Å². The van der Waals surface area contributed by atoms with Crippen molar-refractivity contribution in [3.63, 3.8) is 0 Å². The third-order valence-corrected chi connectivity index (χ3v) is 4.13. The van der Waals surface area contributed by atoms with Crippen LogP contribution in [0.3, 0.4) is 0 Å². The maximum Gasteiger partial charge on any atom is 0.412 e. The summed E-state index contributed by atoms with van der Waals surface area (Å²) in [7, 11) is 0. The zero-order chi connectivity index (χ0) is 20.9. The lowest BCUT2D eigenvalue weighted by atomic mass is 10.0. The van der Waals surface area contributed by atoms with Gasteiger partial charge in [-0.05, 0) is 32.4 Å². The van der Waals surface area contributed by atoms with E-state index in [0.717, 1.165) is 16.9 Å². The largest absolute Gasteiger partial charge is 0.444 e. The predicted molar refractivity (Wildman–Crippen MR) is 110 cm³/mol. The number of benzene rings is 1. The van der Waals surface area contributed by atoms with Crippen molar-refractivity contribution >= 4 is 23.6 Å². The van der Waals surface area contributed by atoms with Gasteiger partial charge in [0.1, 0.15) is 12.2 Å². The quantitative estimate of drug-likeness (QED) is 0.726. The topological polar surface area (TPSA) is 102 Å². The van der Waals surface area contributed by atoms with Crippen molar-refractivity contribution in [3.8, 4) is 0 Å².